The highest BCUT2D eigenvalue weighted by atomic mass is 15.4. The number of rotatable bonds is 4. The molecule has 0 aliphatic heterocycles. The van der Waals surface area contributed by atoms with Crippen LogP contribution in [0.1, 0.15) is 35.0 Å². The number of para-hydroxylation sites is 1. The van der Waals surface area contributed by atoms with Crippen LogP contribution in [0.4, 0.5) is 0 Å². The fourth-order valence-electron chi connectivity index (χ4n) is 4.23. The van der Waals surface area contributed by atoms with Gasteiger partial charge in [0.15, 0.2) is 5.65 Å². The summed E-state index contributed by atoms with van der Waals surface area (Å²) in [5, 5.41) is 14.8. The van der Waals surface area contributed by atoms with E-state index in [0.29, 0.717) is 5.95 Å². The van der Waals surface area contributed by atoms with E-state index < -0.39 is 0 Å². The Morgan fingerprint density at radius 2 is 1.67 bits per heavy atom. The molecule has 0 radical (unpaired) electrons. The van der Waals surface area contributed by atoms with Crippen molar-refractivity contribution in [2.24, 2.45) is 0 Å². The average Bonchev–Trinajstić information content (AvgIpc) is 3.23. The molecule has 3 heterocycles. The maximum Gasteiger partial charge on any atom is 0.272 e. The summed E-state index contributed by atoms with van der Waals surface area (Å²) in [6.07, 6.45) is 0.842. The molecule has 6 heteroatoms. The SMILES string of the molecule is CCn1c2ccccc2c2nnc(-n3nc(C)c(Cc4ccccc4C)c3C)nc21. The monoisotopic (exact) mass is 396 g/mol. The van der Waals surface area contributed by atoms with E-state index >= 15 is 0 Å². The summed E-state index contributed by atoms with van der Waals surface area (Å²) in [7, 11) is 0. The Morgan fingerprint density at radius 1 is 0.900 bits per heavy atom. The minimum Gasteiger partial charge on any atom is -0.324 e. The molecule has 6 nitrogen and oxygen atoms in total. The van der Waals surface area contributed by atoms with Gasteiger partial charge in [-0.2, -0.15) is 10.1 Å². The summed E-state index contributed by atoms with van der Waals surface area (Å²) in [6, 6.07) is 16.7. The van der Waals surface area contributed by atoms with Crippen LogP contribution in [0, 0.1) is 20.8 Å². The lowest BCUT2D eigenvalue weighted by Crippen LogP contribution is -2.08. The van der Waals surface area contributed by atoms with Gasteiger partial charge in [-0.05, 0) is 44.9 Å². The van der Waals surface area contributed by atoms with Crippen molar-refractivity contribution >= 4 is 22.1 Å². The predicted octanol–water partition coefficient (Wildman–Crippen LogP) is 4.70. The van der Waals surface area contributed by atoms with Gasteiger partial charge in [-0.3, -0.25) is 0 Å². The van der Waals surface area contributed by atoms with Crippen LogP contribution in [0.15, 0.2) is 48.5 Å². The van der Waals surface area contributed by atoms with Gasteiger partial charge in [0.1, 0.15) is 5.52 Å². The molecular weight excluding hydrogens is 372 g/mol. The normalized spacial score (nSPS) is 11.6. The zero-order valence-corrected chi connectivity index (χ0v) is 17.7. The van der Waals surface area contributed by atoms with E-state index in [0.717, 1.165) is 46.4 Å². The van der Waals surface area contributed by atoms with Crippen molar-refractivity contribution in [2.45, 2.75) is 40.7 Å². The van der Waals surface area contributed by atoms with E-state index in [1.807, 2.05) is 23.7 Å². The van der Waals surface area contributed by atoms with Crippen molar-refractivity contribution in [3.63, 3.8) is 0 Å². The van der Waals surface area contributed by atoms with Gasteiger partial charge in [0.05, 0.1) is 11.2 Å². The van der Waals surface area contributed by atoms with Crippen LogP contribution in [0.25, 0.3) is 28.0 Å². The van der Waals surface area contributed by atoms with E-state index in [1.165, 1.54) is 16.7 Å². The zero-order valence-electron chi connectivity index (χ0n) is 17.7. The Balaban J connectivity index is 1.64. The highest BCUT2D eigenvalue weighted by Crippen LogP contribution is 2.27. The molecule has 0 bridgehead atoms. The summed E-state index contributed by atoms with van der Waals surface area (Å²) >= 11 is 0. The molecule has 5 rings (SSSR count). The number of hydrogen-bond donors (Lipinski definition) is 0. The molecule has 0 N–H and O–H groups in total. The Bertz CT molecular complexity index is 1390. The van der Waals surface area contributed by atoms with Gasteiger partial charge in [0.2, 0.25) is 0 Å². The molecule has 0 spiro atoms. The molecule has 0 aliphatic rings. The summed E-state index contributed by atoms with van der Waals surface area (Å²) in [4.78, 5) is 4.88. The van der Waals surface area contributed by atoms with Gasteiger partial charge >= 0.3 is 0 Å². The quantitative estimate of drug-likeness (QED) is 0.442. The van der Waals surface area contributed by atoms with Gasteiger partial charge in [-0.1, -0.05) is 42.5 Å². The maximum absolute atomic E-state index is 4.88. The number of nitrogens with zero attached hydrogens (tertiary/aromatic N) is 6. The van der Waals surface area contributed by atoms with Crippen molar-refractivity contribution in [3.8, 4) is 5.95 Å². The highest BCUT2D eigenvalue weighted by Gasteiger charge is 2.19. The van der Waals surface area contributed by atoms with E-state index in [9.17, 15) is 0 Å². The molecule has 0 fully saturated rings. The summed E-state index contributed by atoms with van der Waals surface area (Å²) in [5.41, 5.74) is 8.66. The zero-order chi connectivity index (χ0) is 20.8. The lowest BCUT2D eigenvalue weighted by molar-refractivity contribution is 0.743. The maximum atomic E-state index is 4.88. The van der Waals surface area contributed by atoms with Crippen molar-refractivity contribution in [1.82, 2.24) is 29.5 Å². The lowest BCUT2D eigenvalue weighted by Gasteiger charge is -2.07. The van der Waals surface area contributed by atoms with Gasteiger partial charge in [-0.25, -0.2) is 4.68 Å². The fourth-order valence-corrected chi connectivity index (χ4v) is 4.23. The van der Waals surface area contributed by atoms with Crippen molar-refractivity contribution in [1.29, 1.82) is 0 Å². The molecule has 0 unspecified atom stereocenters. The Morgan fingerprint density at radius 3 is 2.47 bits per heavy atom. The second-order valence-corrected chi connectivity index (χ2v) is 7.71. The second kappa shape index (κ2) is 7.06. The van der Waals surface area contributed by atoms with Crippen LogP contribution in [0.3, 0.4) is 0 Å². The summed E-state index contributed by atoms with van der Waals surface area (Å²) in [5.74, 6) is 0.511. The van der Waals surface area contributed by atoms with Gasteiger partial charge in [0, 0.05) is 29.6 Å². The standard InChI is InChI=1S/C24H24N6/c1-5-29-21-13-9-8-12-19(21)22-23(29)25-24(27-26-22)30-17(4)20(16(3)28-30)14-18-11-7-6-10-15(18)2/h6-13H,5,14H2,1-4H3. The summed E-state index contributed by atoms with van der Waals surface area (Å²) in [6.45, 7) is 9.21. The number of aryl methyl sites for hydroxylation is 3. The molecule has 0 saturated heterocycles. The first-order valence-electron chi connectivity index (χ1n) is 10.3. The van der Waals surface area contributed by atoms with Crippen LogP contribution in [0.5, 0.6) is 0 Å². The molecule has 30 heavy (non-hydrogen) atoms. The van der Waals surface area contributed by atoms with E-state index in [1.54, 1.807) is 0 Å². The van der Waals surface area contributed by atoms with Crippen LogP contribution in [-0.4, -0.2) is 29.5 Å². The van der Waals surface area contributed by atoms with Crippen LogP contribution in [0.2, 0.25) is 0 Å². The second-order valence-electron chi connectivity index (χ2n) is 7.71. The van der Waals surface area contributed by atoms with E-state index in [2.05, 4.69) is 71.9 Å². The fraction of sp³-hybridized carbons (Fsp3) is 0.250. The summed E-state index contributed by atoms with van der Waals surface area (Å²) < 4.78 is 4.01. The highest BCUT2D eigenvalue weighted by molar-refractivity contribution is 6.04. The predicted molar refractivity (Wildman–Crippen MR) is 119 cm³/mol. The average molecular weight is 396 g/mol. The Hall–Kier alpha value is -3.54. The van der Waals surface area contributed by atoms with Crippen molar-refractivity contribution in [3.05, 3.63) is 76.6 Å². The first-order valence-corrected chi connectivity index (χ1v) is 10.3. The van der Waals surface area contributed by atoms with Gasteiger partial charge in [0.25, 0.3) is 5.95 Å². The third kappa shape index (κ3) is 2.79. The molecule has 150 valence electrons. The molecule has 0 amide bonds. The number of hydrogen-bond acceptors (Lipinski definition) is 4. The Kier molecular flexibility index (Phi) is 4.35. The number of fused-ring (bicyclic) bond motifs is 3. The molecule has 0 saturated carbocycles. The minimum atomic E-state index is 0.511. The first-order chi connectivity index (χ1) is 14.6. The minimum absolute atomic E-state index is 0.511. The van der Waals surface area contributed by atoms with Crippen LogP contribution < -0.4 is 0 Å². The van der Waals surface area contributed by atoms with Crippen molar-refractivity contribution < 1.29 is 0 Å². The molecular formula is C24H24N6. The topological polar surface area (TPSA) is 61.4 Å². The largest absolute Gasteiger partial charge is 0.324 e. The molecule has 2 aromatic carbocycles. The molecule has 0 atom stereocenters. The molecule has 3 aromatic heterocycles. The van der Waals surface area contributed by atoms with Crippen LogP contribution >= 0.6 is 0 Å². The molecule has 0 aliphatic carbocycles. The molecule has 5 aromatic rings. The van der Waals surface area contributed by atoms with Crippen molar-refractivity contribution in [2.75, 3.05) is 0 Å². The lowest BCUT2D eigenvalue weighted by atomic mass is 9.99. The number of benzene rings is 2. The third-order valence-electron chi connectivity index (χ3n) is 5.94. The smallest absolute Gasteiger partial charge is 0.272 e. The first kappa shape index (κ1) is 18.5. The van der Waals surface area contributed by atoms with Crippen LogP contribution in [-0.2, 0) is 13.0 Å². The Labute approximate surface area is 175 Å². The third-order valence-corrected chi connectivity index (χ3v) is 5.94. The van der Waals surface area contributed by atoms with E-state index in [-0.39, 0.29) is 0 Å². The van der Waals surface area contributed by atoms with Gasteiger partial charge in [-0.15, -0.1) is 10.2 Å². The van der Waals surface area contributed by atoms with E-state index in [4.69, 9.17) is 10.1 Å². The number of aromatic nitrogens is 6. The van der Waals surface area contributed by atoms with Gasteiger partial charge < -0.3 is 4.57 Å².